The van der Waals surface area contributed by atoms with Crippen molar-refractivity contribution in [3.8, 4) is 0 Å². The molecule has 0 radical (unpaired) electrons. The molecule has 1 aliphatic rings. The van der Waals surface area contributed by atoms with E-state index in [1.807, 2.05) is 0 Å². The fraction of sp³-hybridized carbons (Fsp3) is 1.00. The summed E-state index contributed by atoms with van der Waals surface area (Å²) in [5.74, 6) is 0. The molecule has 3 unspecified atom stereocenters. The van der Waals surface area contributed by atoms with E-state index in [1.54, 1.807) is 0 Å². The third-order valence-electron chi connectivity index (χ3n) is 1.84. The van der Waals surface area contributed by atoms with Crippen molar-refractivity contribution in [2.45, 2.75) is 30.7 Å². The van der Waals surface area contributed by atoms with Crippen LogP contribution in [0.2, 0.25) is 0 Å². The number of aliphatic hydroxyl groups excluding tert-OH is 4. The van der Waals surface area contributed by atoms with Gasteiger partial charge in [0, 0.05) is 0 Å². The van der Waals surface area contributed by atoms with Gasteiger partial charge in [-0.1, -0.05) is 0 Å². The lowest BCUT2D eigenvalue weighted by Gasteiger charge is -2.43. The molecular formula is C6H11O6-. The molecular weight excluding hydrogens is 168 g/mol. The SMILES string of the molecule is [O-]C1C(O)[C@H](O)C(CO)O[C@H]1O. The van der Waals surface area contributed by atoms with Crippen LogP contribution >= 0.6 is 0 Å². The van der Waals surface area contributed by atoms with Gasteiger partial charge in [0.2, 0.25) is 0 Å². The summed E-state index contributed by atoms with van der Waals surface area (Å²) in [4.78, 5) is 0. The number of ether oxygens (including phenoxy) is 1. The van der Waals surface area contributed by atoms with Crippen LogP contribution in [0.4, 0.5) is 0 Å². The number of aliphatic hydroxyl groups is 4. The van der Waals surface area contributed by atoms with Crippen LogP contribution in [-0.2, 0) is 4.74 Å². The molecule has 0 amide bonds. The van der Waals surface area contributed by atoms with Crippen molar-refractivity contribution in [3.05, 3.63) is 0 Å². The molecule has 1 saturated heterocycles. The Labute approximate surface area is 68.6 Å². The van der Waals surface area contributed by atoms with Gasteiger partial charge in [0.05, 0.1) is 12.7 Å². The second-order valence-corrected chi connectivity index (χ2v) is 2.69. The van der Waals surface area contributed by atoms with E-state index in [0.29, 0.717) is 0 Å². The Kier molecular flexibility index (Phi) is 2.99. The fourth-order valence-corrected chi connectivity index (χ4v) is 1.07. The molecule has 0 aliphatic carbocycles. The van der Waals surface area contributed by atoms with Crippen LogP contribution in [0, 0.1) is 0 Å². The first kappa shape index (κ1) is 9.85. The normalized spacial score (nSPS) is 49.2. The van der Waals surface area contributed by atoms with Gasteiger partial charge in [-0.15, -0.1) is 0 Å². The predicted octanol–water partition coefficient (Wildman–Crippen LogP) is -3.85. The number of hydrogen-bond acceptors (Lipinski definition) is 6. The van der Waals surface area contributed by atoms with Crippen molar-refractivity contribution in [2.24, 2.45) is 0 Å². The van der Waals surface area contributed by atoms with E-state index in [-0.39, 0.29) is 0 Å². The van der Waals surface area contributed by atoms with Crippen molar-refractivity contribution in [1.82, 2.24) is 0 Å². The third-order valence-corrected chi connectivity index (χ3v) is 1.84. The topological polar surface area (TPSA) is 113 Å². The monoisotopic (exact) mass is 179 g/mol. The molecule has 0 saturated carbocycles. The smallest absolute Gasteiger partial charge is 0.145 e. The van der Waals surface area contributed by atoms with Gasteiger partial charge in [0.15, 0.2) is 0 Å². The largest absolute Gasteiger partial charge is 0.846 e. The van der Waals surface area contributed by atoms with Crippen molar-refractivity contribution in [3.63, 3.8) is 0 Å². The van der Waals surface area contributed by atoms with Gasteiger partial charge in [-0.05, 0) is 6.10 Å². The molecule has 0 bridgehead atoms. The highest BCUT2D eigenvalue weighted by molar-refractivity contribution is 4.87. The summed E-state index contributed by atoms with van der Waals surface area (Å²) in [5, 5.41) is 46.3. The predicted molar refractivity (Wildman–Crippen MR) is 33.8 cm³/mol. The molecule has 5 atom stereocenters. The second-order valence-electron chi connectivity index (χ2n) is 2.69. The van der Waals surface area contributed by atoms with E-state index in [0.717, 1.165) is 0 Å². The first-order valence-corrected chi connectivity index (χ1v) is 3.54. The summed E-state index contributed by atoms with van der Waals surface area (Å²) in [7, 11) is 0. The van der Waals surface area contributed by atoms with Gasteiger partial charge in [-0.3, -0.25) is 0 Å². The highest BCUT2D eigenvalue weighted by Gasteiger charge is 2.37. The number of hydrogen-bond donors (Lipinski definition) is 4. The Bertz CT molecular complexity index is 146. The molecule has 0 aromatic rings. The molecule has 1 rings (SSSR count). The van der Waals surface area contributed by atoms with Crippen LogP contribution in [0.3, 0.4) is 0 Å². The van der Waals surface area contributed by atoms with Crippen LogP contribution in [0.25, 0.3) is 0 Å². The minimum Gasteiger partial charge on any atom is -0.846 e. The van der Waals surface area contributed by atoms with Crippen LogP contribution < -0.4 is 5.11 Å². The van der Waals surface area contributed by atoms with Gasteiger partial charge in [-0.2, -0.15) is 0 Å². The summed E-state index contributed by atoms with van der Waals surface area (Å²) in [6.45, 7) is -0.554. The van der Waals surface area contributed by atoms with E-state index in [9.17, 15) is 5.11 Å². The minimum absolute atomic E-state index is 0.554. The Hall–Kier alpha value is -0.240. The second kappa shape index (κ2) is 3.65. The van der Waals surface area contributed by atoms with Gasteiger partial charge in [-0.25, -0.2) is 0 Å². The molecule has 1 aliphatic heterocycles. The van der Waals surface area contributed by atoms with E-state index in [2.05, 4.69) is 4.74 Å². The maximum absolute atomic E-state index is 10.8. The molecule has 4 N–H and O–H groups in total. The van der Waals surface area contributed by atoms with Gasteiger partial charge >= 0.3 is 0 Å². The standard InChI is InChI=1S/C6H11O6/c7-1-2-3(8)4(9)5(10)6(11)12-2/h2-9,11H,1H2/q-1/t2?,3-,4?,5?,6-/m1/s1. The molecule has 12 heavy (non-hydrogen) atoms. The maximum Gasteiger partial charge on any atom is 0.145 e. The lowest BCUT2D eigenvalue weighted by atomic mass is 10.00. The van der Waals surface area contributed by atoms with E-state index in [1.165, 1.54) is 0 Å². The van der Waals surface area contributed by atoms with E-state index >= 15 is 0 Å². The molecule has 1 fully saturated rings. The van der Waals surface area contributed by atoms with Crippen LogP contribution in [-0.4, -0.2) is 57.7 Å². The van der Waals surface area contributed by atoms with Crippen molar-refractivity contribution in [2.75, 3.05) is 6.61 Å². The van der Waals surface area contributed by atoms with E-state index < -0.39 is 37.3 Å². The molecule has 0 spiro atoms. The van der Waals surface area contributed by atoms with Crippen molar-refractivity contribution in [1.29, 1.82) is 0 Å². The first-order valence-electron chi connectivity index (χ1n) is 3.54. The zero-order valence-corrected chi connectivity index (χ0v) is 6.20. The Balaban J connectivity index is 2.63. The third kappa shape index (κ3) is 1.58. The summed E-state index contributed by atoms with van der Waals surface area (Å²) in [6.07, 6.45) is -7.62. The average Bonchev–Trinajstić information content (AvgIpc) is 2.08. The molecule has 0 aromatic carbocycles. The molecule has 0 aromatic heterocycles. The van der Waals surface area contributed by atoms with Gasteiger partial charge in [0.1, 0.15) is 18.5 Å². The summed E-state index contributed by atoms with van der Waals surface area (Å²) < 4.78 is 4.51. The highest BCUT2D eigenvalue weighted by atomic mass is 16.6. The van der Waals surface area contributed by atoms with Crippen molar-refractivity contribution < 1.29 is 30.3 Å². The fourth-order valence-electron chi connectivity index (χ4n) is 1.07. The van der Waals surface area contributed by atoms with Crippen LogP contribution in [0.1, 0.15) is 0 Å². The Morgan fingerprint density at radius 1 is 1.17 bits per heavy atom. The molecule has 6 heteroatoms. The lowest BCUT2D eigenvalue weighted by molar-refractivity contribution is -0.497. The molecule has 72 valence electrons. The molecule has 1 heterocycles. The summed E-state index contributed by atoms with van der Waals surface area (Å²) >= 11 is 0. The van der Waals surface area contributed by atoms with Crippen LogP contribution in [0.5, 0.6) is 0 Å². The average molecular weight is 179 g/mol. The maximum atomic E-state index is 10.8. The van der Waals surface area contributed by atoms with Crippen LogP contribution in [0.15, 0.2) is 0 Å². The van der Waals surface area contributed by atoms with Gasteiger partial charge < -0.3 is 30.3 Å². The highest BCUT2D eigenvalue weighted by Crippen LogP contribution is 2.17. The zero-order chi connectivity index (χ0) is 9.30. The Morgan fingerprint density at radius 2 is 1.75 bits per heavy atom. The number of rotatable bonds is 1. The first-order chi connectivity index (χ1) is 5.57. The molecule has 6 nitrogen and oxygen atoms in total. The summed E-state index contributed by atoms with van der Waals surface area (Å²) in [6, 6.07) is 0. The summed E-state index contributed by atoms with van der Waals surface area (Å²) in [5.41, 5.74) is 0. The van der Waals surface area contributed by atoms with Crippen molar-refractivity contribution >= 4 is 0 Å². The zero-order valence-electron chi connectivity index (χ0n) is 6.20. The lowest BCUT2D eigenvalue weighted by Crippen LogP contribution is -2.63. The minimum atomic E-state index is -1.79. The van der Waals surface area contributed by atoms with Gasteiger partial charge in [0.25, 0.3) is 0 Å². The van der Waals surface area contributed by atoms with E-state index in [4.69, 9.17) is 20.4 Å². The quantitative estimate of drug-likeness (QED) is 0.328. The Morgan fingerprint density at radius 3 is 2.25 bits per heavy atom.